The van der Waals surface area contributed by atoms with Gasteiger partial charge in [0, 0.05) is 17.5 Å². The van der Waals surface area contributed by atoms with Crippen molar-refractivity contribution in [1.82, 2.24) is 10.2 Å². The maximum absolute atomic E-state index is 12.4. The Balaban J connectivity index is 1.33. The molecule has 1 amide bonds. The molecule has 0 aliphatic carbocycles. The molecule has 0 saturated carbocycles. The molecule has 4 nitrogen and oxygen atoms in total. The lowest BCUT2D eigenvalue weighted by Gasteiger charge is -2.31. The minimum Gasteiger partial charge on any atom is -0.492 e. The predicted molar refractivity (Wildman–Crippen MR) is 118 cm³/mol. The van der Waals surface area contributed by atoms with E-state index in [1.165, 1.54) is 5.56 Å². The molecule has 1 saturated heterocycles. The lowest BCUT2D eigenvalue weighted by molar-refractivity contribution is -0.126. The Morgan fingerprint density at radius 2 is 1.86 bits per heavy atom. The number of nitrogens with one attached hydrogen (secondary N) is 1. The van der Waals surface area contributed by atoms with E-state index in [0.29, 0.717) is 13.2 Å². The summed E-state index contributed by atoms with van der Waals surface area (Å²) in [6, 6.07) is 16.2. The number of piperidine rings is 1. The highest BCUT2D eigenvalue weighted by Crippen LogP contribution is 2.22. The van der Waals surface area contributed by atoms with E-state index in [1.807, 2.05) is 30.3 Å². The molecule has 2 aromatic rings. The number of hydrogen-bond acceptors (Lipinski definition) is 3. The van der Waals surface area contributed by atoms with Gasteiger partial charge in [0.25, 0.3) is 0 Å². The van der Waals surface area contributed by atoms with E-state index in [4.69, 9.17) is 16.3 Å². The highest BCUT2D eigenvalue weighted by molar-refractivity contribution is 6.31. The van der Waals surface area contributed by atoms with E-state index >= 15 is 0 Å². The number of halogens is 1. The number of hydrogen-bond donors (Lipinski definition) is 1. The van der Waals surface area contributed by atoms with Crippen LogP contribution in [0.1, 0.15) is 37.3 Å². The van der Waals surface area contributed by atoms with Crippen LogP contribution in [0.4, 0.5) is 0 Å². The SMILES string of the molecule is CCCc1ccc(OCCNC(=O)C2CCN(Cc3ccccc3Cl)CC2)cc1. The third-order valence-corrected chi connectivity index (χ3v) is 5.81. The topological polar surface area (TPSA) is 41.6 Å². The molecule has 1 aliphatic rings. The van der Waals surface area contributed by atoms with E-state index < -0.39 is 0 Å². The Hall–Kier alpha value is -2.04. The van der Waals surface area contributed by atoms with Crippen molar-refractivity contribution in [1.29, 1.82) is 0 Å². The van der Waals surface area contributed by atoms with E-state index in [-0.39, 0.29) is 11.8 Å². The third kappa shape index (κ3) is 6.76. The maximum Gasteiger partial charge on any atom is 0.223 e. The average Bonchev–Trinajstić information content (AvgIpc) is 2.74. The van der Waals surface area contributed by atoms with Crippen molar-refractivity contribution in [3.63, 3.8) is 0 Å². The second-order valence-electron chi connectivity index (χ2n) is 7.68. The van der Waals surface area contributed by atoms with Gasteiger partial charge >= 0.3 is 0 Å². The average molecular weight is 415 g/mol. The Bertz CT molecular complexity index is 771. The normalized spacial score (nSPS) is 15.2. The molecule has 0 spiro atoms. The van der Waals surface area contributed by atoms with E-state index in [0.717, 1.165) is 61.7 Å². The van der Waals surface area contributed by atoms with Gasteiger partial charge in [0.05, 0.1) is 6.54 Å². The molecule has 2 aromatic carbocycles. The van der Waals surface area contributed by atoms with Gasteiger partial charge in [-0.15, -0.1) is 0 Å². The fraction of sp³-hybridized carbons (Fsp3) is 0.458. The van der Waals surface area contributed by atoms with Crippen LogP contribution in [-0.2, 0) is 17.8 Å². The van der Waals surface area contributed by atoms with Crippen LogP contribution in [0.25, 0.3) is 0 Å². The summed E-state index contributed by atoms with van der Waals surface area (Å²) in [5, 5.41) is 3.84. The molecular formula is C24H31ClN2O2. The largest absolute Gasteiger partial charge is 0.492 e. The van der Waals surface area contributed by atoms with Crippen LogP contribution in [0.5, 0.6) is 5.75 Å². The van der Waals surface area contributed by atoms with Crippen molar-refractivity contribution in [3.8, 4) is 5.75 Å². The summed E-state index contributed by atoms with van der Waals surface area (Å²) in [6.45, 7) is 5.89. The number of ether oxygens (including phenoxy) is 1. The molecule has 1 fully saturated rings. The highest BCUT2D eigenvalue weighted by Gasteiger charge is 2.24. The second kappa shape index (κ2) is 11.2. The zero-order valence-corrected chi connectivity index (χ0v) is 18.0. The number of amides is 1. The molecule has 0 aromatic heterocycles. The first-order valence-electron chi connectivity index (χ1n) is 10.6. The van der Waals surface area contributed by atoms with Crippen molar-refractivity contribution >= 4 is 17.5 Å². The number of carbonyl (C=O) groups excluding carboxylic acids is 1. The van der Waals surface area contributed by atoms with Crippen LogP contribution in [0, 0.1) is 5.92 Å². The Kier molecular flexibility index (Phi) is 8.38. The van der Waals surface area contributed by atoms with E-state index in [1.54, 1.807) is 0 Å². The summed E-state index contributed by atoms with van der Waals surface area (Å²) in [5.41, 5.74) is 2.48. The molecule has 5 heteroatoms. The van der Waals surface area contributed by atoms with Gasteiger partial charge in [-0.25, -0.2) is 0 Å². The summed E-state index contributed by atoms with van der Waals surface area (Å²) >= 11 is 6.26. The number of nitrogens with zero attached hydrogens (tertiary/aromatic N) is 1. The summed E-state index contributed by atoms with van der Waals surface area (Å²) in [5.74, 6) is 1.09. The molecule has 0 atom stereocenters. The van der Waals surface area contributed by atoms with Crippen LogP contribution in [-0.4, -0.2) is 37.0 Å². The smallest absolute Gasteiger partial charge is 0.223 e. The lowest BCUT2D eigenvalue weighted by Crippen LogP contribution is -2.41. The second-order valence-corrected chi connectivity index (χ2v) is 8.08. The van der Waals surface area contributed by atoms with Crippen LogP contribution in [0.2, 0.25) is 5.02 Å². The quantitative estimate of drug-likeness (QED) is 0.604. The number of aryl methyl sites for hydroxylation is 1. The van der Waals surface area contributed by atoms with Gasteiger partial charge in [-0.3, -0.25) is 9.69 Å². The van der Waals surface area contributed by atoms with Crippen molar-refractivity contribution in [3.05, 3.63) is 64.7 Å². The first-order chi connectivity index (χ1) is 14.2. The maximum atomic E-state index is 12.4. The Morgan fingerprint density at radius 1 is 1.14 bits per heavy atom. The van der Waals surface area contributed by atoms with Crippen LogP contribution in [0.15, 0.2) is 48.5 Å². The summed E-state index contributed by atoms with van der Waals surface area (Å²) in [7, 11) is 0. The van der Waals surface area contributed by atoms with Crippen LogP contribution >= 0.6 is 11.6 Å². The molecule has 0 bridgehead atoms. The lowest BCUT2D eigenvalue weighted by atomic mass is 9.95. The molecule has 1 heterocycles. The zero-order chi connectivity index (χ0) is 20.5. The van der Waals surface area contributed by atoms with Gasteiger partial charge in [-0.1, -0.05) is 55.3 Å². The first-order valence-corrected chi connectivity index (χ1v) is 11.0. The molecule has 0 unspecified atom stereocenters. The van der Waals surface area contributed by atoms with E-state index in [9.17, 15) is 4.79 Å². The number of likely N-dealkylation sites (tertiary alicyclic amines) is 1. The van der Waals surface area contributed by atoms with Gasteiger partial charge in [-0.2, -0.15) is 0 Å². The molecule has 0 radical (unpaired) electrons. The van der Waals surface area contributed by atoms with Gasteiger partial charge in [0.15, 0.2) is 0 Å². The third-order valence-electron chi connectivity index (χ3n) is 5.44. The van der Waals surface area contributed by atoms with Crippen LogP contribution in [0.3, 0.4) is 0 Å². The number of rotatable bonds is 9. The minimum absolute atomic E-state index is 0.0887. The summed E-state index contributed by atoms with van der Waals surface area (Å²) in [4.78, 5) is 14.8. The fourth-order valence-corrected chi connectivity index (χ4v) is 3.94. The van der Waals surface area contributed by atoms with Gasteiger partial charge in [-0.05, 0) is 61.7 Å². The molecule has 1 N–H and O–H groups in total. The van der Waals surface area contributed by atoms with Crippen molar-refractivity contribution < 1.29 is 9.53 Å². The van der Waals surface area contributed by atoms with Crippen LogP contribution < -0.4 is 10.1 Å². The van der Waals surface area contributed by atoms with E-state index in [2.05, 4.69) is 35.3 Å². The molecule has 156 valence electrons. The molecular weight excluding hydrogens is 384 g/mol. The molecule has 1 aliphatic heterocycles. The predicted octanol–water partition coefficient (Wildman–Crippen LogP) is 4.70. The van der Waals surface area contributed by atoms with Gasteiger partial charge in [0.2, 0.25) is 5.91 Å². The number of carbonyl (C=O) groups is 1. The van der Waals surface area contributed by atoms with Gasteiger partial charge < -0.3 is 10.1 Å². The minimum atomic E-state index is 0.0887. The van der Waals surface area contributed by atoms with Gasteiger partial charge in [0.1, 0.15) is 12.4 Å². The summed E-state index contributed by atoms with van der Waals surface area (Å²) in [6.07, 6.45) is 4.00. The Labute approximate surface area is 179 Å². The number of benzene rings is 2. The zero-order valence-electron chi connectivity index (χ0n) is 17.2. The molecule has 29 heavy (non-hydrogen) atoms. The van der Waals surface area contributed by atoms with Crippen molar-refractivity contribution in [2.75, 3.05) is 26.2 Å². The molecule has 3 rings (SSSR count). The summed E-state index contributed by atoms with van der Waals surface area (Å²) < 4.78 is 5.74. The Morgan fingerprint density at radius 3 is 2.55 bits per heavy atom. The standard InChI is InChI=1S/C24H31ClN2O2/c1-2-5-19-8-10-22(11-9-19)29-17-14-26-24(28)20-12-15-27(16-13-20)18-21-6-3-4-7-23(21)25/h3-4,6-11,20H,2,5,12-18H2,1H3,(H,26,28). The monoisotopic (exact) mass is 414 g/mol. The van der Waals surface area contributed by atoms with Crippen molar-refractivity contribution in [2.24, 2.45) is 5.92 Å². The van der Waals surface area contributed by atoms with Crippen molar-refractivity contribution in [2.45, 2.75) is 39.2 Å². The first kappa shape index (κ1) is 21.7. The fourth-order valence-electron chi connectivity index (χ4n) is 3.75. The highest BCUT2D eigenvalue weighted by atomic mass is 35.5.